The topological polar surface area (TPSA) is 62.3 Å². The lowest BCUT2D eigenvalue weighted by Gasteiger charge is -2.34. The normalized spacial score (nSPS) is 15.9. The molecular formula is C18H18ClN3O2. The molecule has 0 bridgehead atoms. The average Bonchev–Trinajstić information content (AvgIpc) is 2.60. The number of aromatic nitrogens is 1. The van der Waals surface area contributed by atoms with Crippen LogP contribution in [-0.4, -0.2) is 28.2 Å². The predicted molar refractivity (Wildman–Crippen MR) is 92.6 cm³/mol. The van der Waals surface area contributed by atoms with E-state index in [1.54, 1.807) is 23.2 Å². The van der Waals surface area contributed by atoms with Crippen LogP contribution in [0.3, 0.4) is 0 Å². The van der Waals surface area contributed by atoms with Crippen LogP contribution in [0.1, 0.15) is 30.9 Å². The number of benzene rings is 1. The van der Waals surface area contributed by atoms with E-state index in [2.05, 4.69) is 10.3 Å². The highest BCUT2D eigenvalue weighted by Gasteiger charge is 2.32. The second-order valence-electron chi connectivity index (χ2n) is 5.69. The molecule has 2 aromatic rings. The number of nitrogens with one attached hydrogen (secondary N) is 1. The molecule has 3 rings (SSSR count). The third kappa shape index (κ3) is 3.57. The Hall–Kier alpha value is -2.40. The molecule has 1 aliphatic rings. The molecule has 1 aromatic carbocycles. The lowest BCUT2D eigenvalue weighted by Crippen LogP contribution is -2.43. The zero-order valence-electron chi connectivity index (χ0n) is 13.1. The van der Waals surface area contributed by atoms with Gasteiger partial charge in [0.05, 0.1) is 5.69 Å². The van der Waals surface area contributed by atoms with Crippen LogP contribution in [0.4, 0.5) is 5.69 Å². The van der Waals surface area contributed by atoms with E-state index in [1.165, 1.54) is 0 Å². The molecule has 0 spiro atoms. The first-order chi connectivity index (χ1) is 11.7. The number of carbonyl (C=O) groups is 2. The number of pyridine rings is 1. The highest BCUT2D eigenvalue weighted by Crippen LogP contribution is 2.28. The Morgan fingerprint density at radius 1 is 1.17 bits per heavy atom. The maximum atomic E-state index is 12.9. The molecule has 24 heavy (non-hydrogen) atoms. The van der Waals surface area contributed by atoms with Gasteiger partial charge in [0, 0.05) is 19.2 Å². The van der Waals surface area contributed by atoms with E-state index in [9.17, 15) is 9.59 Å². The number of carbonyl (C=O) groups excluding carboxylic acids is 2. The summed E-state index contributed by atoms with van der Waals surface area (Å²) < 4.78 is 0. The molecule has 1 atom stereocenters. The first kappa shape index (κ1) is 16.5. The number of halogens is 1. The minimum absolute atomic E-state index is 0.00235. The summed E-state index contributed by atoms with van der Waals surface area (Å²) in [5.41, 5.74) is 1.22. The summed E-state index contributed by atoms with van der Waals surface area (Å²) in [6.07, 6.45) is 3.80. The summed E-state index contributed by atoms with van der Waals surface area (Å²) in [4.78, 5) is 30.9. The Morgan fingerprint density at radius 2 is 1.96 bits per heavy atom. The standard InChI is InChI=1S/C18H18ClN3O2/c19-17-14(9-6-11-20-17)21-18(24)16(13-7-2-1-3-8-13)22-12-5-4-10-15(22)23/h1-3,6-9,11,16H,4-5,10,12H2,(H,21,24). The van der Waals surface area contributed by atoms with E-state index in [-0.39, 0.29) is 17.0 Å². The maximum Gasteiger partial charge on any atom is 0.251 e. The molecule has 1 aliphatic heterocycles. The lowest BCUT2D eigenvalue weighted by molar-refractivity contribution is -0.141. The summed E-state index contributed by atoms with van der Waals surface area (Å²) in [7, 11) is 0. The average molecular weight is 344 g/mol. The Labute approximate surface area is 145 Å². The predicted octanol–water partition coefficient (Wildman–Crippen LogP) is 3.43. The molecule has 0 saturated carbocycles. The molecule has 6 heteroatoms. The highest BCUT2D eigenvalue weighted by atomic mass is 35.5. The first-order valence-electron chi connectivity index (χ1n) is 7.92. The molecule has 1 fully saturated rings. The zero-order valence-corrected chi connectivity index (χ0v) is 13.9. The third-order valence-electron chi connectivity index (χ3n) is 4.05. The summed E-state index contributed by atoms with van der Waals surface area (Å²) in [6.45, 7) is 0.576. The van der Waals surface area contributed by atoms with Gasteiger partial charge < -0.3 is 10.2 Å². The van der Waals surface area contributed by atoms with Crippen molar-refractivity contribution in [2.45, 2.75) is 25.3 Å². The SMILES string of the molecule is O=C(Nc1cccnc1Cl)C(c1ccccc1)N1CCCCC1=O. The van der Waals surface area contributed by atoms with Gasteiger partial charge in [-0.05, 0) is 30.5 Å². The molecule has 124 valence electrons. The van der Waals surface area contributed by atoms with Gasteiger partial charge in [0.2, 0.25) is 5.91 Å². The van der Waals surface area contributed by atoms with Gasteiger partial charge in [-0.15, -0.1) is 0 Å². The van der Waals surface area contributed by atoms with Crippen LogP contribution in [0, 0.1) is 0 Å². The van der Waals surface area contributed by atoms with Gasteiger partial charge in [-0.3, -0.25) is 9.59 Å². The van der Waals surface area contributed by atoms with Crippen molar-refractivity contribution in [3.63, 3.8) is 0 Å². The first-order valence-corrected chi connectivity index (χ1v) is 8.30. The number of amides is 2. The quantitative estimate of drug-likeness (QED) is 0.865. The Morgan fingerprint density at radius 3 is 2.67 bits per heavy atom. The molecule has 1 aromatic heterocycles. The van der Waals surface area contributed by atoms with Crippen LogP contribution < -0.4 is 5.32 Å². The van der Waals surface area contributed by atoms with E-state index in [4.69, 9.17) is 11.6 Å². The number of nitrogens with zero attached hydrogens (tertiary/aromatic N) is 2. The maximum absolute atomic E-state index is 12.9. The van der Waals surface area contributed by atoms with Gasteiger partial charge in [-0.25, -0.2) is 4.98 Å². The molecule has 5 nitrogen and oxygen atoms in total. The van der Waals surface area contributed by atoms with Crippen molar-refractivity contribution >= 4 is 29.1 Å². The van der Waals surface area contributed by atoms with E-state index in [1.807, 2.05) is 30.3 Å². The van der Waals surface area contributed by atoms with Gasteiger partial charge in [0.1, 0.15) is 6.04 Å². The van der Waals surface area contributed by atoms with Crippen LogP contribution in [0.2, 0.25) is 5.15 Å². The molecule has 1 N–H and O–H groups in total. The fourth-order valence-electron chi connectivity index (χ4n) is 2.89. The van der Waals surface area contributed by atoms with Crippen molar-refractivity contribution in [2.75, 3.05) is 11.9 Å². The summed E-state index contributed by atoms with van der Waals surface area (Å²) in [5, 5.41) is 3.02. The largest absolute Gasteiger partial charge is 0.327 e. The smallest absolute Gasteiger partial charge is 0.251 e. The lowest BCUT2D eigenvalue weighted by atomic mass is 10.0. The Balaban J connectivity index is 1.91. The highest BCUT2D eigenvalue weighted by molar-refractivity contribution is 6.32. The molecular weight excluding hydrogens is 326 g/mol. The fraction of sp³-hybridized carbons (Fsp3) is 0.278. The monoisotopic (exact) mass is 343 g/mol. The number of likely N-dealkylation sites (tertiary alicyclic amines) is 1. The molecule has 2 amide bonds. The van der Waals surface area contributed by atoms with Crippen LogP contribution in [0.5, 0.6) is 0 Å². The van der Waals surface area contributed by atoms with E-state index < -0.39 is 6.04 Å². The number of rotatable bonds is 4. The zero-order chi connectivity index (χ0) is 16.9. The van der Waals surface area contributed by atoms with E-state index in [0.29, 0.717) is 18.7 Å². The van der Waals surface area contributed by atoms with Crippen LogP contribution in [-0.2, 0) is 9.59 Å². The number of piperidine rings is 1. The van der Waals surface area contributed by atoms with Crippen molar-refractivity contribution in [3.05, 3.63) is 59.4 Å². The molecule has 1 unspecified atom stereocenters. The van der Waals surface area contributed by atoms with Gasteiger partial charge in [-0.2, -0.15) is 0 Å². The van der Waals surface area contributed by atoms with Crippen molar-refractivity contribution in [1.29, 1.82) is 0 Å². The minimum Gasteiger partial charge on any atom is -0.327 e. The van der Waals surface area contributed by atoms with Crippen LogP contribution in [0.15, 0.2) is 48.7 Å². The summed E-state index contributed by atoms with van der Waals surface area (Å²) >= 11 is 6.03. The molecule has 0 radical (unpaired) electrons. The van der Waals surface area contributed by atoms with Crippen LogP contribution in [0.25, 0.3) is 0 Å². The van der Waals surface area contributed by atoms with Crippen molar-refractivity contribution in [3.8, 4) is 0 Å². The molecule has 0 aliphatic carbocycles. The van der Waals surface area contributed by atoms with Crippen molar-refractivity contribution < 1.29 is 9.59 Å². The fourth-order valence-corrected chi connectivity index (χ4v) is 3.05. The Kier molecular flexibility index (Phi) is 5.11. The van der Waals surface area contributed by atoms with Crippen LogP contribution >= 0.6 is 11.6 Å². The van der Waals surface area contributed by atoms with Crippen molar-refractivity contribution in [2.24, 2.45) is 0 Å². The summed E-state index contributed by atoms with van der Waals surface area (Å²) in [5.74, 6) is -0.283. The Bertz CT molecular complexity index is 736. The number of anilines is 1. The third-order valence-corrected chi connectivity index (χ3v) is 4.35. The van der Waals surface area contributed by atoms with Gasteiger partial charge in [0.15, 0.2) is 5.15 Å². The second kappa shape index (κ2) is 7.45. The van der Waals surface area contributed by atoms with E-state index >= 15 is 0 Å². The summed E-state index contributed by atoms with van der Waals surface area (Å²) in [6, 6.07) is 12.0. The van der Waals surface area contributed by atoms with Gasteiger partial charge >= 0.3 is 0 Å². The van der Waals surface area contributed by atoms with Crippen molar-refractivity contribution in [1.82, 2.24) is 9.88 Å². The number of hydrogen-bond donors (Lipinski definition) is 1. The number of hydrogen-bond acceptors (Lipinski definition) is 3. The van der Waals surface area contributed by atoms with Gasteiger partial charge in [-0.1, -0.05) is 41.9 Å². The minimum atomic E-state index is -0.671. The molecule has 2 heterocycles. The molecule has 1 saturated heterocycles. The second-order valence-corrected chi connectivity index (χ2v) is 6.05. The van der Waals surface area contributed by atoms with Gasteiger partial charge in [0.25, 0.3) is 5.91 Å². The van der Waals surface area contributed by atoms with E-state index in [0.717, 1.165) is 18.4 Å².